The van der Waals surface area contributed by atoms with Gasteiger partial charge in [0.2, 0.25) is 17.7 Å². The maximum atomic E-state index is 13.5. The van der Waals surface area contributed by atoms with Gasteiger partial charge in [-0.3, -0.25) is 19.2 Å². The first-order chi connectivity index (χ1) is 17.1. The quantitative estimate of drug-likeness (QED) is 0.505. The maximum Gasteiger partial charge on any atom is 0.249 e. The molecule has 35 heavy (non-hydrogen) atoms. The molecule has 1 aliphatic carbocycles. The van der Waals surface area contributed by atoms with Crippen LogP contribution in [0.25, 0.3) is 0 Å². The zero-order valence-corrected chi connectivity index (χ0v) is 19.8. The molecule has 2 aliphatic rings. The van der Waals surface area contributed by atoms with Crippen molar-refractivity contribution >= 4 is 29.6 Å². The minimum atomic E-state index is -0.730. The third-order valence-electron chi connectivity index (χ3n) is 6.54. The van der Waals surface area contributed by atoms with Crippen LogP contribution in [0.4, 0.5) is 5.69 Å². The number of hydrogen-bond acceptors (Lipinski definition) is 5. The predicted molar refractivity (Wildman–Crippen MR) is 133 cm³/mol. The van der Waals surface area contributed by atoms with E-state index in [-0.39, 0.29) is 30.7 Å². The molecule has 2 atom stereocenters. The number of hydrazone groups is 1. The molecule has 0 spiro atoms. The summed E-state index contributed by atoms with van der Waals surface area (Å²) in [5.74, 6) is -1.12. The first-order valence-corrected chi connectivity index (χ1v) is 12.3. The second-order valence-corrected chi connectivity index (χ2v) is 9.17. The first kappa shape index (κ1) is 24.6. The van der Waals surface area contributed by atoms with Gasteiger partial charge in [0, 0.05) is 30.7 Å². The molecule has 1 fully saturated rings. The van der Waals surface area contributed by atoms with Crippen molar-refractivity contribution < 1.29 is 19.2 Å². The fourth-order valence-electron chi connectivity index (χ4n) is 4.74. The van der Waals surface area contributed by atoms with Crippen LogP contribution in [-0.2, 0) is 25.8 Å². The number of benzene rings is 2. The summed E-state index contributed by atoms with van der Waals surface area (Å²) < 4.78 is 0. The van der Waals surface area contributed by atoms with Crippen LogP contribution in [0.1, 0.15) is 50.5 Å². The number of amides is 3. The van der Waals surface area contributed by atoms with E-state index in [4.69, 9.17) is 4.84 Å². The van der Waals surface area contributed by atoms with Gasteiger partial charge < -0.3 is 5.32 Å². The molecular weight excluding hydrogens is 444 g/mol. The van der Waals surface area contributed by atoms with Crippen LogP contribution in [0.2, 0.25) is 0 Å². The van der Waals surface area contributed by atoms with Crippen molar-refractivity contribution in [3.63, 3.8) is 0 Å². The van der Waals surface area contributed by atoms with Crippen molar-refractivity contribution in [2.24, 2.45) is 16.9 Å². The van der Waals surface area contributed by atoms with E-state index >= 15 is 0 Å². The molecule has 8 nitrogen and oxygen atoms in total. The molecule has 8 heteroatoms. The Kier molecular flexibility index (Phi) is 8.62. The van der Waals surface area contributed by atoms with E-state index in [1.165, 1.54) is 5.01 Å². The summed E-state index contributed by atoms with van der Waals surface area (Å²) in [5, 5.41) is 8.33. The Hall–Kier alpha value is -3.52. The molecule has 184 valence electrons. The highest BCUT2D eigenvalue weighted by molar-refractivity contribution is 6.00. The van der Waals surface area contributed by atoms with Crippen molar-refractivity contribution in [1.29, 1.82) is 0 Å². The van der Waals surface area contributed by atoms with Crippen molar-refractivity contribution in [2.75, 3.05) is 5.32 Å². The Balaban J connectivity index is 1.38. The van der Waals surface area contributed by atoms with Crippen LogP contribution >= 0.6 is 0 Å². The number of para-hydroxylation sites is 1. The fourth-order valence-corrected chi connectivity index (χ4v) is 4.74. The molecule has 0 saturated heterocycles. The zero-order chi connectivity index (χ0) is 24.5. The van der Waals surface area contributed by atoms with Crippen molar-refractivity contribution in [3.05, 3.63) is 66.2 Å². The highest BCUT2D eigenvalue weighted by Crippen LogP contribution is 2.33. The lowest BCUT2D eigenvalue weighted by Gasteiger charge is -2.27. The molecule has 2 N–H and O–H groups in total. The van der Waals surface area contributed by atoms with E-state index in [0.717, 1.165) is 31.2 Å². The first-order valence-electron chi connectivity index (χ1n) is 12.3. The number of carbonyl (C=O) groups is 3. The fraction of sp³-hybridized carbons (Fsp3) is 0.407. The van der Waals surface area contributed by atoms with E-state index in [9.17, 15) is 14.4 Å². The summed E-state index contributed by atoms with van der Waals surface area (Å²) in [5.41, 5.74) is 4.07. The van der Waals surface area contributed by atoms with E-state index in [1.54, 1.807) is 18.3 Å². The maximum absolute atomic E-state index is 13.5. The van der Waals surface area contributed by atoms with Gasteiger partial charge in [0.15, 0.2) is 0 Å². The molecule has 2 aromatic carbocycles. The number of rotatable bonds is 10. The van der Waals surface area contributed by atoms with Crippen molar-refractivity contribution in [1.82, 2.24) is 10.5 Å². The van der Waals surface area contributed by atoms with Gasteiger partial charge in [0.1, 0.15) is 6.04 Å². The molecule has 3 amide bonds. The van der Waals surface area contributed by atoms with Crippen molar-refractivity contribution in [2.45, 2.75) is 57.6 Å². The number of nitrogens with zero attached hydrogens (tertiary/aromatic N) is 2. The summed E-state index contributed by atoms with van der Waals surface area (Å²) >= 11 is 0. The van der Waals surface area contributed by atoms with Crippen LogP contribution in [0.15, 0.2) is 65.8 Å². The molecule has 0 radical (unpaired) electrons. The largest absolute Gasteiger partial charge is 0.324 e. The molecule has 1 heterocycles. The van der Waals surface area contributed by atoms with E-state index < -0.39 is 12.0 Å². The molecule has 1 aliphatic heterocycles. The van der Waals surface area contributed by atoms with Crippen LogP contribution in [-0.4, -0.2) is 35.0 Å². The Morgan fingerprint density at radius 2 is 1.69 bits per heavy atom. The Labute approximate surface area is 205 Å². The molecule has 2 aromatic rings. The molecule has 4 rings (SSSR count). The number of hydrogen-bond donors (Lipinski definition) is 2. The summed E-state index contributed by atoms with van der Waals surface area (Å²) in [6.07, 6.45) is 6.90. The lowest BCUT2D eigenvalue weighted by molar-refractivity contribution is -0.146. The van der Waals surface area contributed by atoms with Crippen LogP contribution in [0.3, 0.4) is 0 Å². The van der Waals surface area contributed by atoms with Crippen molar-refractivity contribution in [3.8, 4) is 0 Å². The smallest absolute Gasteiger partial charge is 0.249 e. The summed E-state index contributed by atoms with van der Waals surface area (Å²) in [6, 6.07) is 17.9. The van der Waals surface area contributed by atoms with Gasteiger partial charge in [-0.05, 0) is 30.0 Å². The summed E-state index contributed by atoms with van der Waals surface area (Å²) in [7, 11) is 0. The van der Waals surface area contributed by atoms with Crippen LogP contribution in [0.5, 0.6) is 0 Å². The number of nitrogens with one attached hydrogen (secondary N) is 2. The van der Waals surface area contributed by atoms with Gasteiger partial charge in [-0.2, -0.15) is 5.10 Å². The standard InChI is InChI=1S/C27H32N4O4/c32-25(30-35-19-21-11-3-1-4-12-21)18-22(17-20-9-7-8-10-20)27(34)31-24(15-16-28-31)26(33)29-23-13-5-2-6-14-23/h1-6,11-14,16,20,22,24H,7-10,15,17-19H2,(H,29,33)(H,30,32)/t22-,24+/m1/s1. The Morgan fingerprint density at radius 3 is 2.40 bits per heavy atom. The van der Waals surface area contributed by atoms with Crippen LogP contribution in [0, 0.1) is 11.8 Å². The number of hydroxylamine groups is 1. The van der Waals surface area contributed by atoms with Gasteiger partial charge in [-0.1, -0.05) is 74.2 Å². The zero-order valence-electron chi connectivity index (χ0n) is 19.8. The lowest BCUT2D eigenvalue weighted by atomic mass is 9.89. The monoisotopic (exact) mass is 476 g/mol. The van der Waals surface area contributed by atoms with Gasteiger partial charge in [0.25, 0.3) is 0 Å². The average molecular weight is 477 g/mol. The minimum absolute atomic E-state index is 0.0107. The van der Waals surface area contributed by atoms with E-state index in [1.807, 2.05) is 48.5 Å². The third kappa shape index (κ3) is 6.99. The minimum Gasteiger partial charge on any atom is -0.324 e. The van der Waals surface area contributed by atoms with Gasteiger partial charge in [-0.25, -0.2) is 10.5 Å². The molecule has 1 saturated carbocycles. The van der Waals surface area contributed by atoms with Crippen LogP contribution < -0.4 is 10.8 Å². The van der Waals surface area contributed by atoms with Gasteiger partial charge in [0.05, 0.1) is 6.61 Å². The highest BCUT2D eigenvalue weighted by atomic mass is 16.6. The summed E-state index contributed by atoms with van der Waals surface area (Å²) in [4.78, 5) is 44.5. The lowest BCUT2D eigenvalue weighted by Crippen LogP contribution is -2.45. The number of carbonyl (C=O) groups excluding carboxylic acids is 3. The normalized spacial score (nSPS) is 18.4. The molecule has 0 aromatic heterocycles. The molecular formula is C27H32N4O4. The molecule has 0 unspecified atom stereocenters. The van der Waals surface area contributed by atoms with E-state index in [2.05, 4.69) is 15.9 Å². The Morgan fingerprint density at radius 1 is 1.00 bits per heavy atom. The average Bonchev–Trinajstić information content (AvgIpc) is 3.57. The van der Waals surface area contributed by atoms with Gasteiger partial charge >= 0.3 is 0 Å². The second kappa shape index (κ2) is 12.3. The third-order valence-corrected chi connectivity index (χ3v) is 6.54. The van der Waals surface area contributed by atoms with Gasteiger partial charge in [-0.15, -0.1) is 0 Å². The summed E-state index contributed by atoms with van der Waals surface area (Å²) in [6.45, 7) is 0.242. The predicted octanol–water partition coefficient (Wildman–Crippen LogP) is 4.05. The number of anilines is 1. The topological polar surface area (TPSA) is 100 Å². The van der Waals surface area contributed by atoms with E-state index in [0.29, 0.717) is 24.4 Å². The highest BCUT2D eigenvalue weighted by Gasteiger charge is 2.38. The molecule has 0 bridgehead atoms. The second-order valence-electron chi connectivity index (χ2n) is 9.17. The SMILES string of the molecule is O=C(C[C@@H](CC1CCCC1)C(=O)N1N=CC[C@H]1C(=O)Nc1ccccc1)NOCc1ccccc1. The Bertz CT molecular complexity index is 1020.